The smallest absolute Gasteiger partial charge is 0.262 e. The number of fused-ring (bicyclic) bond motifs is 2. The average Bonchev–Trinajstić information content (AvgIpc) is 3.35. The highest BCUT2D eigenvalue weighted by molar-refractivity contribution is 8.00. The van der Waals surface area contributed by atoms with Crippen molar-refractivity contribution in [3.63, 3.8) is 0 Å². The summed E-state index contributed by atoms with van der Waals surface area (Å²) in [7, 11) is 1.66. The Labute approximate surface area is 221 Å². The van der Waals surface area contributed by atoms with Gasteiger partial charge in [0, 0.05) is 22.7 Å². The second-order valence-corrected chi connectivity index (χ2v) is 10.8. The Morgan fingerprint density at radius 1 is 1.03 bits per heavy atom. The van der Waals surface area contributed by atoms with E-state index in [2.05, 4.69) is 17.4 Å². The zero-order valence-electron chi connectivity index (χ0n) is 19.9. The van der Waals surface area contributed by atoms with Crippen LogP contribution in [0, 0.1) is 5.82 Å². The number of nitrogens with one attached hydrogen (secondary N) is 1. The lowest BCUT2D eigenvalue weighted by molar-refractivity contribution is 0.0975. The standard InChI is InChI=1S/C29H22FN3O2S2/c1-35-25-15-10-18(16-19(25)17-36-29-32-24-8-4-5-9-26(24)37-29)27-31-23-7-3-2-6-22(23)28(34)33(27)21-13-11-20(30)12-14-21/h2-16,27,31H,17H2,1H3/t27-/m0/s1. The summed E-state index contributed by atoms with van der Waals surface area (Å²) in [6.07, 6.45) is -0.482. The van der Waals surface area contributed by atoms with Crippen molar-refractivity contribution in [3.05, 3.63) is 114 Å². The van der Waals surface area contributed by atoms with Gasteiger partial charge in [-0.1, -0.05) is 42.1 Å². The molecule has 0 fully saturated rings. The number of aromatic nitrogens is 1. The molecule has 0 unspecified atom stereocenters. The van der Waals surface area contributed by atoms with Crippen LogP contribution in [0.3, 0.4) is 0 Å². The molecule has 2 heterocycles. The minimum atomic E-state index is -0.482. The van der Waals surface area contributed by atoms with Gasteiger partial charge in [0.2, 0.25) is 0 Å². The molecule has 5 aromatic rings. The molecule has 1 amide bonds. The molecule has 4 aromatic carbocycles. The Morgan fingerprint density at radius 3 is 2.62 bits per heavy atom. The average molecular weight is 528 g/mol. The Balaban J connectivity index is 1.36. The first-order valence-corrected chi connectivity index (χ1v) is 13.5. The van der Waals surface area contributed by atoms with Crippen LogP contribution in [0.15, 0.2) is 95.3 Å². The van der Waals surface area contributed by atoms with Gasteiger partial charge in [-0.3, -0.25) is 9.69 Å². The van der Waals surface area contributed by atoms with Gasteiger partial charge >= 0.3 is 0 Å². The van der Waals surface area contributed by atoms with Crippen LogP contribution in [0.25, 0.3) is 10.2 Å². The Morgan fingerprint density at radius 2 is 1.81 bits per heavy atom. The minimum absolute atomic E-state index is 0.146. The van der Waals surface area contributed by atoms with Gasteiger partial charge in [0.25, 0.3) is 5.91 Å². The highest BCUT2D eigenvalue weighted by Crippen LogP contribution is 2.39. The molecule has 0 radical (unpaired) electrons. The molecule has 184 valence electrons. The highest BCUT2D eigenvalue weighted by Gasteiger charge is 2.34. The summed E-state index contributed by atoms with van der Waals surface area (Å²) < 4.78 is 21.5. The summed E-state index contributed by atoms with van der Waals surface area (Å²) in [5, 5.41) is 3.52. The number of carbonyl (C=O) groups excluding carboxylic acids is 1. The summed E-state index contributed by atoms with van der Waals surface area (Å²) in [5.74, 6) is 0.932. The molecule has 5 nitrogen and oxygen atoms in total. The molecule has 6 rings (SSSR count). The van der Waals surface area contributed by atoms with Crippen molar-refractivity contribution in [1.29, 1.82) is 0 Å². The van der Waals surface area contributed by atoms with Crippen molar-refractivity contribution in [3.8, 4) is 5.75 Å². The zero-order chi connectivity index (χ0) is 25.4. The van der Waals surface area contributed by atoms with E-state index in [9.17, 15) is 9.18 Å². The van der Waals surface area contributed by atoms with Gasteiger partial charge in [0.05, 0.1) is 22.9 Å². The number of thiazole rings is 1. The van der Waals surface area contributed by atoms with E-state index >= 15 is 0 Å². The minimum Gasteiger partial charge on any atom is -0.496 e. The van der Waals surface area contributed by atoms with Crippen LogP contribution in [-0.4, -0.2) is 18.0 Å². The van der Waals surface area contributed by atoms with Crippen molar-refractivity contribution in [2.45, 2.75) is 16.3 Å². The third kappa shape index (κ3) is 4.54. The molecule has 0 spiro atoms. The number of hydrogen-bond donors (Lipinski definition) is 1. The van der Waals surface area contributed by atoms with Crippen LogP contribution in [0.2, 0.25) is 0 Å². The molecule has 0 saturated heterocycles. The molecule has 1 aliphatic heterocycles. The van der Waals surface area contributed by atoms with Crippen molar-refractivity contribution in [2.24, 2.45) is 0 Å². The van der Waals surface area contributed by atoms with Crippen molar-refractivity contribution in [2.75, 3.05) is 17.3 Å². The van der Waals surface area contributed by atoms with Gasteiger partial charge in [-0.05, 0) is 66.2 Å². The lowest BCUT2D eigenvalue weighted by Gasteiger charge is -2.38. The number of methoxy groups -OCH3 is 1. The summed E-state index contributed by atoms with van der Waals surface area (Å²) in [5.41, 5.74) is 4.83. The Bertz CT molecular complexity index is 1570. The van der Waals surface area contributed by atoms with Crippen LogP contribution in [0.4, 0.5) is 15.8 Å². The van der Waals surface area contributed by atoms with E-state index in [1.165, 1.54) is 12.1 Å². The van der Waals surface area contributed by atoms with Gasteiger partial charge in [-0.25, -0.2) is 9.37 Å². The van der Waals surface area contributed by atoms with E-state index in [0.29, 0.717) is 17.0 Å². The highest BCUT2D eigenvalue weighted by atomic mass is 32.2. The number of carbonyl (C=O) groups is 1. The van der Waals surface area contributed by atoms with Gasteiger partial charge in [-0.15, -0.1) is 11.3 Å². The summed E-state index contributed by atoms with van der Waals surface area (Å²) in [6, 6.07) is 27.5. The predicted octanol–water partition coefficient (Wildman–Crippen LogP) is 7.51. The summed E-state index contributed by atoms with van der Waals surface area (Å²) in [4.78, 5) is 20.1. The molecule has 37 heavy (non-hydrogen) atoms. The lowest BCUT2D eigenvalue weighted by atomic mass is 10.0. The lowest BCUT2D eigenvalue weighted by Crippen LogP contribution is -2.43. The number of anilines is 2. The molecular formula is C29H22FN3O2S2. The fourth-order valence-corrected chi connectivity index (χ4v) is 6.53. The quantitative estimate of drug-likeness (QED) is 0.232. The molecule has 8 heteroatoms. The van der Waals surface area contributed by atoms with Gasteiger partial charge < -0.3 is 10.1 Å². The molecule has 1 atom stereocenters. The molecule has 0 aliphatic carbocycles. The van der Waals surface area contributed by atoms with Gasteiger partial charge in [-0.2, -0.15) is 0 Å². The fourth-order valence-electron chi connectivity index (χ4n) is 4.49. The predicted molar refractivity (Wildman–Crippen MR) is 148 cm³/mol. The normalized spacial score (nSPS) is 14.9. The first kappa shape index (κ1) is 23.5. The maximum atomic E-state index is 13.7. The van der Waals surface area contributed by atoms with E-state index in [1.807, 2.05) is 48.5 Å². The van der Waals surface area contributed by atoms with E-state index < -0.39 is 6.17 Å². The van der Waals surface area contributed by atoms with Crippen molar-refractivity contribution in [1.82, 2.24) is 4.98 Å². The van der Waals surface area contributed by atoms with Crippen LogP contribution in [0.1, 0.15) is 27.7 Å². The van der Waals surface area contributed by atoms with Gasteiger partial charge in [0.15, 0.2) is 4.34 Å². The number of amides is 1. The third-order valence-corrected chi connectivity index (χ3v) is 8.51. The van der Waals surface area contributed by atoms with E-state index in [-0.39, 0.29) is 11.7 Å². The van der Waals surface area contributed by atoms with Crippen LogP contribution in [0.5, 0.6) is 5.75 Å². The number of para-hydroxylation sites is 2. The van der Waals surface area contributed by atoms with Crippen LogP contribution < -0.4 is 15.0 Å². The first-order valence-electron chi connectivity index (χ1n) is 11.7. The second kappa shape index (κ2) is 9.88. The SMILES string of the molecule is COc1ccc([C@H]2Nc3ccccc3C(=O)N2c2ccc(F)cc2)cc1CSc1nc2ccccc2s1. The number of benzene rings is 4. The number of ether oxygens (including phenoxy) is 1. The van der Waals surface area contributed by atoms with Crippen molar-refractivity contribution < 1.29 is 13.9 Å². The number of nitrogens with zero attached hydrogens (tertiary/aromatic N) is 2. The fraction of sp³-hybridized carbons (Fsp3) is 0.103. The second-order valence-electron chi connectivity index (χ2n) is 8.55. The maximum Gasteiger partial charge on any atom is 0.262 e. The molecular weight excluding hydrogens is 505 g/mol. The third-order valence-electron chi connectivity index (χ3n) is 6.28. The van der Waals surface area contributed by atoms with E-state index in [0.717, 1.165) is 37.1 Å². The summed E-state index contributed by atoms with van der Waals surface area (Å²) in [6.45, 7) is 0. The topological polar surface area (TPSA) is 54.5 Å². The summed E-state index contributed by atoms with van der Waals surface area (Å²) >= 11 is 3.33. The van der Waals surface area contributed by atoms with Crippen LogP contribution >= 0.6 is 23.1 Å². The molecule has 1 aromatic heterocycles. The Hall–Kier alpha value is -3.88. The Kier molecular flexibility index (Phi) is 6.28. The number of halogens is 1. The van der Waals surface area contributed by atoms with E-state index in [1.54, 1.807) is 53.3 Å². The first-order chi connectivity index (χ1) is 18.1. The van der Waals surface area contributed by atoms with Crippen molar-refractivity contribution >= 4 is 50.6 Å². The monoisotopic (exact) mass is 527 g/mol. The number of thioether (sulfide) groups is 1. The molecule has 1 aliphatic rings. The molecule has 0 saturated carbocycles. The van der Waals surface area contributed by atoms with E-state index in [4.69, 9.17) is 9.72 Å². The van der Waals surface area contributed by atoms with Crippen LogP contribution in [-0.2, 0) is 5.75 Å². The number of rotatable bonds is 6. The largest absolute Gasteiger partial charge is 0.496 e. The number of hydrogen-bond acceptors (Lipinski definition) is 6. The molecule has 0 bridgehead atoms. The zero-order valence-corrected chi connectivity index (χ0v) is 21.5. The molecule has 1 N–H and O–H groups in total. The van der Waals surface area contributed by atoms with Gasteiger partial charge in [0.1, 0.15) is 17.7 Å². The maximum absolute atomic E-state index is 13.7.